The van der Waals surface area contributed by atoms with Crippen molar-refractivity contribution in [2.24, 2.45) is 40.2 Å². The van der Waals surface area contributed by atoms with E-state index in [0.29, 0.717) is 16.9 Å². The molecule has 0 aromatic carbocycles. The second-order valence-electron chi connectivity index (χ2n) is 10.9. The van der Waals surface area contributed by atoms with Crippen LogP contribution in [0, 0.1) is 34.5 Å². The van der Waals surface area contributed by atoms with E-state index in [9.17, 15) is 0 Å². The minimum atomic E-state index is 0.429. The van der Waals surface area contributed by atoms with Gasteiger partial charge >= 0.3 is 0 Å². The molecule has 26 heavy (non-hydrogen) atoms. The number of unbranched alkanes of at least 4 members (excludes halogenated alkanes) is 3. The highest BCUT2D eigenvalue weighted by Gasteiger charge is 2.58. The Morgan fingerprint density at radius 3 is 2.65 bits per heavy atom. The van der Waals surface area contributed by atoms with E-state index in [2.05, 4.69) is 26.8 Å². The van der Waals surface area contributed by atoms with Crippen molar-refractivity contribution in [2.45, 2.75) is 110 Å². The minimum absolute atomic E-state index is 0.429. The molecule has 0 saturated heterocycles. The maximum Gasteiger partial charge on any atom is 0.00766 e. The smallest absolute Gasteiger partial charge is 0.00766 e. The van der Waals surface area contributed by atoms with Crippen molar-refractivity contribution >= 4 is 0 Å². The number of fused-ring (bicyclic) bond motifs is 5. The van der Waals surface area contributed by atoms with Crippen LogP contribution in [0.25, 0.3) is 0 Å². The van der Waals surface area contributed by atoms with Crippen LogP contribution in [-0.2, 0) is 0 Å². The number of rotatable bonds is 5. The normalized spacial score (nSPS) is 47.7. The van der Waals surface area contributed by atoms with E-state index in [1.165, 1.54) is 83.5 Å². The van der Waals surface area contributed by atoms with E-state index >= 15 is 0 Å². The molecule has 4 aliphatic carbocycles. The minimum Gasteiger partial charge on any atom is -0.327 e. The number of allylic oxidation sites excluding steroid dienone is 1. The Bertz CT molecular complexity index is 536. The molecule has 2 N–H and O–H groups in total. The fourth-order valence-corrected chi connectivity index (χ4v) is 8.09. The predicted octanol–water partition coefficient (Wildman–Crippen LogP) is 6.86. The number of nitrogens with two attached hydrogens (primary N) is 1. The van der Waals surface area contributed by atoms with E-state index < -0.39 is 0 Å². The molecule has 0 radical (unpaired) electrons. The Morgan fingerprint density at radius 1 is 1.00 bits per heavy atom. The van der Waals surface area contributed by atoms with Crippen molar-refractivity contribution in [3.63, 3.8) is 0 Å². The van der Waals surface area contributed by atoms with Gasteiger partial charge in [-0.2, -0.15) is 0 Å². The second kappa shape index (κ2) is 7.26. The Kier molecular flexibility index (Phi) is 5.32. The van der Waals surface area contributed by atoms with Gasteiger partial charge in [0.2, 0.25) is 0 Å². The van der Waals surface area contributed by atoms with Crippen LogP contribution in [-0.4, -0.2) is 6.04 Å². The van der Waals surface area contributed by atoms with Crippen LogP contribution in [0.5, 0.6) is 0 Å². The molecule has 0 aromatic heterocycles. The van der Waals surface area contributed by atoms with Gasteiger partial charge in [0.1, 0.15) is 0 Å². The molecule has 3 saturated carbocycles. The third kappa shape index (κ3) is 3.01. The van der Waals surface area contributed by atoms with Crippen molar-refractivity contribution in [3.05, 3.63) is 11.6 Å². The molecule has 148 valence electrons. The fraction of sp³-hybridized carbons (Fsp3) is 0.920. The average Bonchev–Trinajstić information content (AvgIpc) is 2.96. The number of hydrogen-bond acceptors (Lipinski definition) is 1. The molecule has 0 aromatic rings. The molecule has 0 spiro atoms. The van der Waals surface area contributed by atoms with Gasteiger partial charge in [0.05, 0.1) is 0 Å². The van der Waals surface area contributed by atoms with Crippen molar-refractivity contribution in [2.75, 3.05) is 0 Å². The van der Waals surface area contributed by atoms with Crippen molar-refractivity contribution in [1.29, 1.82) is 0 Å². The van der Waals surface area contributed by atoms with Gasteiger partial charge in [0, 0.05) is 6.04 Å². The summed E-state index contributed by atoms with van der Waals surface area (Å²) in [5.74, 6) is 3.94. The van der Waals surface area contributed by atoms with E-state index in [1.807, 2.05) is 0 Å². The van der Waals surface area contributed by atoms with Crippen LogP contribution < -0.4 is 5.73 Å². The van der Waals surface area contributed by atoms with Gasteiger partial charge in [-0.3, -0.25) is 0 Å². The SMILES string of the molecule is CCCCCCC1CCC2C3CC=C4CC(N)CCC4(C)C3CCC12C. The standard InChI is InChI=1S/C25H43N/c1-4-5-6-7-8-18-10-12-22-21-11-9-19-17-20(26)13-15-25(19,3)23(21)14-16-24(18,22)2/h9,18,20-23H,4-8,10-17,26H2,1-3H3. The zero-order valence-corrected chi connectivity index (χ0v) is 17.7. The molecule has 1 heteroatoms. The summed E-state index contributed by atoms with van der Waals surface area (Å²) < 4.78 is 0. The van der Waals surface area contributed by atoms with Gasteiger partial charge in [-0.15, -0.1) is 0 Å². The molecular weight excluding hydrogens is 314 g/mol. The fourth-order valence-electron chi connectivity index (χ4n) is 8.09. The van der Waals surface area contributed by atoms with Gasteiger partial charge in [0.25, 0.3) is 0 Å². The van der Waals surface area contributed by atoms with E-state index in [4.69, 9.17) is 5.73 Å². The van der Waals surface area contributed by atoms with Crippen LogP contribution >= 0.6 is 0 Å². The van der Waals surface area contributed by atoms with Gasteiger partial charge in [0.15, 0.2) is 0 Å². The first-order valence-electron chi connectivity index (χ1n) is 11.9. The highest BCUT2D eigenvalue weighted by molar-refractivity contribution is 5.25. The molecule has 0 bridgehead atoms. The first-order valence-corrected chi connectivity index (χ1v) is 11.9. The topological polar surface area (TPSA) is 26.0 Å². The predicted molar refractivity (Wildman–Crippen MR) is 112 cm³/mol. The summed E-state index contributed by atoms with van der Waals surface area (Å²) in [5, 5.41) is 0. The molecule has 0 amide bonds. The molecular formula is C25H43N. The quantitative estimate of drug-likeness (QED) is 0.422. The Hall–Kier alpha value is -0.300. The summed E-state index contributed by atoms with van der Waals surface area (Å²) in [4.78, 5) is 0. The zero-order valence-electron chi connectivity index (χ0n) is 17.7. The van der Waals surface area contributed by atoms with Crippen LogP contribution in [0.15, 0.2) is 11.6 Å². The van der Waals surface area contributed by atoms with Gasteiger partial charge < -0.3 is 5.73 Å². The van der Waals surface area contributed by atoms with Crippen LogP contribution in [0.3, 0.4) is 0 Å². The van der Waals surface area contributed by atoms with Crippen molar-refractivity contribution in [3.8, 4) is 0 Å². The van der Waals surface area contributed by atoms with Crippen LogP contribution in [0.2, 0.25) is 0 Å². The maximum absolute atomic E-state index is 6.32. The highest BCUT2D eigenvalue weighted by Crippen LogP contribution is 2.66. The Balaban J connectivity index is 1.49. The molecule has 0 heterocycles. The molecule has 4 rings (SSSR count). The zero-order chi connectivity index (χ0) is 18.4. The number of hydrogen-bond donors (Lipinski definition) is 1. The molecule has 3 fully saturated rings. The lowest BCUT2D eigenvalue weighted by Crippen LogP contribution is -2.51. The third-order valence-corrected chi connectivity index (χ3v) is 9.74. The van der Waals surface area contributed by atoms with E-state index in [-0.39, 0.29) is 0 Å². The summed E-state index contributed by atoms with van der Waals surface area (Å²) in [7, 11) is 0. The van der Waals surface area contributed by atoms with Crippen LogP contribution in [0.1, 0.15) is 104 Å². The third-order valence-electron chi connectivity index (χ3n) is 9.74. The summed E-state index contributed by atoms with van der Waals surface area (Å²) in [6.45, 7) is 7.64. The molecule has 4 aliphatic rings. The average molecular weight is 358 g/mol. The first-order chi connectivity index (χ1) is 12.5. The first kappa shape index (κ1) is 19.0. The molecule has 7 atom stereocenters. The largest absolute Gasteiger partial charge is 0.327 e. The van der Waals surface area contributed by atoms with Gasteiger partial charge in [-0.25, -0.2) is 0 Å². The summed E-state index contributed by atoms with van der Waals surface area (Å²) in [6.07, 6.45) is 21.1. The van der Waals surface area contributed by atoms with Crippen LogP contribution in [0.4, 0.5) is 0 Å². The van der Waals surface area contributed by atoms with Crippen molar-refractivity contribution in [1.82, 2.24) is 0 Å². The lowest BCUT2D eigenvalue weighted by molar-refractivity contribution is -0.0434. The Morgan fingerprint density at radius 2 is 1.85 bits per heavy atom. The molecule has 7 unspecified atom stereocenters. The molecule has 0 aliphatic heterocycles. The van der Waals surface area contributed by atoms with E-state index in [1.54, 1.807) is 5.57 Å². The van der Waals surface area contributed by atoms with E-state index in [0.717, 1.165) is 23.7 Å². The Labute approximate surface area is 162 Å². The van der Waals surface area contributed by atoms with Gasteiger partial charge in [-0.05, 0) is 92.3 Å². The summed E-state index contributed by atoms with van der Waals surface area (Å²) in [5.41, 5.74) is 9.20. The van der Waals surface area contributed by atoms with Crippen molar-refractivity contribution < 1.29 is 0 Å². The summed E-state index contributed by atoms with van der Waals surface area (Å²) >= 11 is 0. The lowest BCUT2D eigenvalue weighted by Gasteiger charge is -2.58. The van der Waals surface area contributed by atoms with Gasteiger partial charge in [-0.1, -0.05) is 58.1 Å². The summed E-state index contributed by atoms with van der Waals surface area (Å²) in [6, 6.07) is 0.429. The monoisotopic (exact) mass is 357 g/mol. The second-order valence-corrected chi connectivity index (χ2v) is 10.9. The highest BCUT2D eigenvalue weighted by atomic mass is 14.7. The lowest BCUT2D eigenvalue weighted by atomic mass is 9.47. The molecule has 1 nitrogen and oxygen atoms in total. The maximum atomic E-state index is 6.32.